The summed E-state index contributed by atoms with van der Waals surface area (Å²) in [6.07, 6.45) is 7.67. The molecule has 27 heavy (non-hydrogen) atoms. The van der Waals surface area contributed by atoms with Gasteiger partial charge in [0.2, 0.25) is 0 Å². The fourth-order valence-corrected chi connectivity index (χ4v) is 4.65. The second kappa shape index (κ2) is 5.04. The van der Waals surface area contributed by atoms with Crippen molar-refractivity contribution in [2.24, 2.45) is 0 Å². The predicted octanol–water partition coefficient (Wildman–Crippen LogP) is 5.91. The molecule has 0 aliphatic carbocycles. The van der Waals surface area contributed by atoms with Crippen LogP contribution in [0, 0.1) is 13.8 Å². The molecule has 0 aliphatic heterocycles. The predicted molar refractivity (Wildman–Crippen MR) is 112 cm³/mol. The Bertz CT molecular complexity index is 1390. The molecule has 0 unspecified atom stereocenters. The van der Waals surface area contributed by atoms with Crippen molar-refractivity contribution in [3.63, 3.8) is 0 Å². The van der Waals surface area contributed by atoms with Gasteiger partial charge in [0.25, 0.3) is 0 Å². The van der Waals surface area contributed by atoms with Crippen LogP contribution in [0.4, 0.5) is 0 Å². The number of hydrogen-bond donors (Lipinski definition) is 0. The van der Waals surface area contributed by atoms with Crippen LogP contribution in [-0.4, -0.2) is 14.4 Å². The molecule has 0 saturated carbocycles. The fourth-order valence-electron chi connectivity index (χ4n) is 4.65. The third-order valence-electron chi connectivity index (χ3n) is 5.77. The zero-order valence-corrected chi connectivity index (χ0v) is 15.2. The zero-order valence-electron chi connectivity index (χ0n) is 15.2. The molecule has 0 N–H and O–H groups in total. The van der Waals surface area contributed by atoms with Crippen molar-refractivity contribution in [1.82, 2.24) is 14.4 Å². The quantitative estimate of drug-likeness (QED) is 0.370. The van der Waals surface area contributed by atoms with Crippen LogP contribution in [0.15, 0.2) is 67.3 Å². The first kappa shape index (κ1) is 14.7. The lowest BCUT2D eigenvalue weighted by Crippen LogP contribution is -1.88. The SMILES string of the molecule is Cc1cccc(C)c1-c1cc2c3ccncc3n3c4cnccc4c(c1)c23. The number of aromatic nitrogens is 3. The van der Waals surface area contributed by atoms with Crippen molar-refractivity contribution in [2.75, 3.05) is 0 Å². The van der Waals surface area contributed by atoms with Gasteiger partial charge < -0.3 is 4.40 Å². The van der Waals surface area contributed by atoms with E-state index >= 15 is 0 Å². The highest BCUT2D eigenvalue weighted by Crippen LogP contribution is 2.41. The molecule has 6 rings (SSSR count). The number of fused-ring (bicyclic) bond motifs is 6. The largest absolute Gasteiger partial charge is 0.305 e. The maximum atomic E-state index is 4.38. The molecule has 128 valence electrons. The van der Waals surface area contributed by atoms with Gasteiger partial charge in [-0.2, -0.15) is 0 Å². The van der Waals surface area contributed by atoms with E-state index in [0.717, 1.165) is 11.0 Å². The lowest BCUT2D eigenvalue weighted by molar-refractivity contribution is 1.27. The molecule has 0 aliphatic rings. The molecule has 3 nitrogen and oxygen atoms in total. The molecule has 0 radical (unpaired) electrons. The molecule has 4 aromatic heterocycles. The van der Waals surface area contributed by atoms with Crippen LogP contribution in [0.3, 0.4) is 0 Å². The molecule has 3 heteroatoms. The van der Waals surface area contributed by atoms with Crippen LogP contribution in [0.1, 0.15) is 11.1 Å². The van der Waals surface area contributed by atoms with Gasteiger partial charge in [0, 0.05) is 33.9 Å². The number of aryl methyl sites for hydroxylation is 2. The highest BCUT2D eigenvalue weighted by Gasteiger charge is 2.19. The Balaban J connectivity index is 1.90. The second-order valence-corrected chi connectivity index (χ2v) is 7.31. The van der Waals surface area contributed by atoms with Crippen molar-refractivity contribution in [3.8, 4) is 11.1 Å². The van der Waals surface area contributed by atoms with E-state index in [1.54, 1.807) is 0 Å². The molecule has 0 atom stereocenters. The highest BCUT2D eigenvalue weighted by molar-refractivity contribution is 6.24. The summed E-state index contributed by atoms with van der Waals surface area (Å²) >= 11 is 0. The Kier molecular flexibility index (Phi) is 2.74. The van der Waals surface area contributed by atoms with Crippen LogP contribution in [0.5, 0.6) is 0 Å². The number of rotatable bonds is 1. The van der Waals surface area contributed by atoms with Gasteiger partial charge in [-0.1, -0.05) is 18.2 Å². The first-order chi connectivity index (χ1) is 13.2. The lowest BCUT2D eigenvalue weighted by Gasteiger charge is -2.11. The minimum atomic E-state index is 1.14. The van der Waals surface area contributed by atoms with Gasteiger partial charge in [-0.25, -0.2) is 0 Å². The molecular weight excluding hydrogens is 330 g/mol. The zero-order chi connectivity index (χ0) is 18.1. The molecular formula is C24H17N3. The Morgan fingerprint density at radius 1 is 0.704 bits per heavy atom. The first-order valence-electron chi connectivity index (χ1n) is 9.17. The van der Waals surface area contributed by atoms with Gasteiger partial charge in [-0.05, 0) is 60.4 Å². The Morgan fingerprint density at radius 2 is 1.26 bits per heavy atom. The van der Waals surface area contributed by atoms with E-state index in [1.165, 1.54) is 49.3 Å². The molecule has 0 fully saturated rings. The third kappa shape index (κ3) is 1.81. The Hall–Kier alpha value is -3.46. The normalized spacial score (nSPS) is 12.1. The van der Waals surface area contributed by atoms with Gasteiger partial charge >= 0.3 is 0 Å². The third-order valence-corrected chi connectivity index (χ3v) is 5.77. The minimum absolute atomic E-state index is 1.14. The number of pyridine rings is 2. The summed E-state index contributed by atoms with van der Waals surface area (Å²) in [6.45, 7) is 4.38. The molecule has 0 amide bonds. The molecule has 2 aromatic carbocycles. The summed E-state index contributed by atoms with van der Waals surface area (Å²) in [6, 6.07) is 15.4. The average Bonchev–Trinajstić information content (AvgIpc) is 3.19. The Morgan fingerprint density at radius 3 is 1.81 bits per heavy atom. The van der Waals surface area contributed by atoms with Gasteiger partial charge in [-0.15, -0.1) is 0 Å². The number of nitrogens with zero attached hydrogens (tertiary/aromatic N) is 3. The molecule has 6 aromatic rings. The van der Waals surface area contributed by atoms with E-state index < -0.39 is 0 Å². The van der Waals surface area contributed by atoms with Crippen LogP contribution in [0.2, 0.25) is 0 Å². The van der Waals surface area contributed by atoms with Crippen molar-refractivity contribution >= 4 is 38.1 Å². The van der Waals surface area contributed by atoms with Gasteiger partial charge in [0.15, 0.2) is 0 Å². The fraction of sp³-hybridized carbons (Fsp3) is 0.0833. The topological polar surface area (TPSA) is 30.2 Å². The van der Waals surface area contributed by atoms with Crippen molar-refractivity contribution in [3.05, 3.63) is 78.4 Å². The first-order valence-corrected chi connectivity index (χ1v) is 9.17. The van der Waals surface area contributed by atoms with Crippen LogP contribution >= 0.6 is 0 Å². The standard InChI is InChI=1S/C24H17N3/c1-14-4-3-5-15(2)23(14)16-10-19-17-6-8-25-12-21(17)27-22-13-26-9-7-18(22)20(11-16)24(19)27/h3-13H,1-2H3. The van der Waals surface area contributed by atoms with Gasteiger partial charge in [0.1, 0.15) is 0 Å². The van der Waals surface area contributed by atoms with E-state index in [0.29, 0.717) is 0 Å². The van der Waals surface area contributed by atoms with E-state index in [4.69, 9.17) is 0 Å². The number of hydrogen-bond acceptors (Lipinski definition) is 2. The molecule has 0 saturated heterocycles. The summed E-state index contributed by atoms with van der Waals surface area (Å²) in [5.41, 5.74) is 8.75. The number of benzene rings is 2. The summed E-state index contributed by atoms with van der Waals surface area (Å²) < 4.78 is 2.31. The maximum absolute atomic E-state index is 4.38. The van der Waals surface area contributed by atoms with Crippen molar-refractivity contribution in [2.45, 2.75) is 13.8 Å². The maximum Gasteiger partial charge on any atom is 0.0725 e. The molecule has 0 spiro atoms. The summed E-state index contributed by atoms with van der Waals surface area (Å²) in [4.78, 5) is 8.76. The molecule has 4 heterocycles. The Labute approximate surface area is 156 Å². The van der Waals surface area contributed by atoms with Crippen molar-refractivity contribution < 1.29 is 0 Å². The minimum Gasteiger partial charge on any atom is -0.305 e. The van der Waals surface area contributed by atoms with Crippen molar-refractivity contribution in [1.29, 1.82) is 0 Å². The average molecular weight is 347 g/mol. The molecule has 0 bridgehead atoms. The van der Waals surface area contributed by atoms with Gasteiger partial charge in [0.05, 0.1) is 28.9 Å². The van der Waals surface area contributed by atoms with E-state index in [1.807, 2.05) is 24.8 Å². The second-order valence-electron chi connectivity index (χ2n) is 7.31. The summed E-state index contributed by atoms with van der Waals surface area (Å²) in [7, 11) is 0. The van der Waals surface area contributed by atoms with E-state index in [9.17, 15) is 0 Å². The van der Waals surface area contributed by atoms with E-state index in [-0.39, 0.29) is 0 Å². The lowest BCUT2D eigenvalue weighted by atomic mass is 9.93. The summed E-state index contributed by atoms with van der Waals surface area (Å²) in [5.74, 6) is 0. The van der Waals surface area contributed by atoms with Crippen LogP contribution in [0.25, 0.3) is 49.2 Å². The smallest absolute Gasteiger partial charge is 0.0725 e. The van der Waals surface area contributed by atoms with Gasteiger partial charge in [-0.3, -0.25) is 9.97 Å². The van der Waals surface area contributed by atoms with Crippen LogP contribution < -0.4 is 0 Å². The monoisotopic (exact) mass is 347 g/mol. The van der Waals surface area contributed by atoms with Crippen LogP contribution in [-0.2, 0) is 0 Å². The highest BCUT2D eigenvalue weighted by atomic mass is 14.9. The van der Waals surface area contributed by atoms with E-state index in [2.05, 4.69) is 70.7 Å². The summed E-state index contributed by atoms with van der Waals surface area (Å²) in [5, 5.41) is 5.03.